The summed E-state index contributed by atoms with van der Waals surface area (Å²) in [5.41, 5.74) is 2.30. The van der Waals surface area contributed by atoms with Crippen LogP contribution in [0.2, 0.25) is 0 Å². The number of anilines is 1. The quantitative estimate of drug-likeness (QED) is 0.721. The maximum Gasteiger partial charge on any atom is 0.139 e. The number of aromatic nitrogens is 2. The molecule has 0 unspecified atom stereocenters. The molecule has 1 aliphatic carbocycles. The SMILES string of the molecule is COc1cc(F)c(-c2nc(C)n(C(C)=C(C)C)c2NC2CCCC2)c(F)c1. The third kappa shape index (κ3) is 3.70. The van der Waals surface area contributed by atoms with Crippen LogP contribution < -0.4 is 10.1 Å². The first-order valence-electron chi connectivity index (χ1n) is 9.37. The van der Waals surface area contributed by atoms with Gasteiger partial charge in [0.2, 0.25) is 0 Å². The molecule has 27 heavy (non-hydrogen) atoms. The van der Waals surface area contributed by atoms with Gasteiger partial charge in [-0.1, -0.05) is 18.4 Å². The summed E-state index contributed by atoms with van der Waals surface area (Å²) in [5, 5.41) is 3.52. The van der Waals surface area contributed by atoms with Crippen molar-refractivity contribution in [2.45, 2.75) is 59.4 Å². The lowest BCUT2D eigenvalue weighted by Gasteiger charge is -2.19. The molecule has 0 amide bonds. The lowest BCUT2D eigenvalue weighted by Crippen LogP contribution is -2.18. The summed E-state index contributed by atoms with van der Waals surface area (Å²) in [4.78, 5) is 4.55. The summed E-state index contributed by atoms with van der Waals surface area (Å²) in [7, 11) is 1.39. The molecule has 0 aliphatic heterocycles. The van der Waals surface area contributed by atoms with E-state index in [4.69, 9.17) is 4.74 Å². The van der Waals surface area contributed by atoms with E-state index < -0.39 is 11.6 Å². The van der Waals surface area contributed by atoms with Crippen LogP contribution >= 0.6 is 0 Å². The van der Waals surface area contributed by atoms with E-state index in [0.29, 0.717) is 17.3 Å². The van der Waals surface area contributed by atoms with E-state index in [0.717, 1.165) is 37.0 Å². The van der Waals surface area contributed by atoms with Crippen molar-refractivity contribution in [3.8, 4) is 17.0 Å². The fourth-order valence-corrected chi connectivity index (χ4v) is 3.63. The first-order chi connectivity index (χ1) is 12.8. The fraction of sp³-hybridized carbons (Fsp3) is 0.476. The van der Waals surface area contributed by atoms with Gasteiger partial charge in [-0.15, -0.1) is 0 Å². The molecule has 1 N–H and O–H groups in total. The van der Waals surface area contributed by atoms with Crippen molar-refractivity contribution in [3.63, 3.8) is 0 Å². The molecule has 0 bridgehead atoms. The standard InChI is InChI=1S/C21H27F2N3O/c1-12(2)13(3)26-14(4)24-20(21(26)25-15-8-6-7-9-15)19-17(22)10-16(27-5)11-18(19)23/h10-11,15,25H,6-9H2,1-5H3. The number of methoxy groups -OCH3 is 1. The molecule has 1 aliphatic rings. The second kappa shape index (κ2) is 7.71. The van der Waals surface area contributed by atoms with Crippen molar-refractivity contribution >= 4 is 11.5 Å². The van der Waals surface area contributed by atoms with Crippen LogP contribution in [0.3, 0.4) is 0 Å². The predicted molar refractivity (Wildman–Crippen MR) is 105 cm³/mol. The monoisotopic (exact) mass is 375 g/mol. The Kier molecular flexibility index (Phi) is 5.53. The molecule has 1 fully saturated rings. The lowest BCUT2D eigenvalue weighted by molar-refractivity contribution is 0.407. The number of rotatable bonds is 5. The van der Waals surface area contributed by atoms with Crippen molar-refractivity contribution in [1.29, 1.82) is 0 Å². The van der Waals surface area contributed by atoms with Crippen LogP contribution in [0.4, 0.5) is 14.6 Å². The van der Waals surface area contributed by atoms with Crippen LogP contribution in [-0.2, 0) is 0 Å². The zero-order valence-corrected chi connectivity index (χ0v) is 16.6. The normalized spacial score (nSPS) is 14.5. The fourth-order valence-electron chi connectivity index (χ4n) is 3.63. The van der Waals surface area contributed by atoms with E-state index in [1.165, 1.54) is 19.2 Å². The van der Waals surface area contributed by atoms with Gasteiger partial charge in [-0.25, -0.2) is 13.8 Å². The Hall–Kier alpha value is -2.37. The van der Waals surface area contributed by atoms with Crippen molar-refractivity contribution in [3.05, 3.63) is 35.2 Å². The average Bonchev–Trinajstić information content (AvgIpc) is 3.22. The van der Waals surface area contributed by atoms with Gasteiger partial charge in [0.05, 0.1) is 12.7 Å². The summed E-state index contributed by atoms with van der Waals surface area (Å²) in [6, 6.07) is 2.67. The molecule has 1 saturated carbocycles. The molecule has 3 rings (SSSR count). The van der Waals surface area contributed by atoms with Gasteiger partial charge >= 0.3 is 0 Å². The minimum Gasteiger partial charge on any atom is -0.497 e. The molecule has 1 aromatic heterocycles. The van der Waals surface area contributed by atoms with Crippen LogP contribution in [0.25, 0.3) is 17.0 Å². The topological polar surface area (TPSA) is 39.1 Å². The molecule has 4 nitrogen and oxygen atoms in total. The zero-order chi connectivity index (χ0) is 19.7. The second-order valence-electron chi connectivity index (χ2n) is 7.37. The van der Waals surface area contributed by atoms with Crippen molar-refractivity contribution in [2.75, 3.05) is 12.4 Å². The molecule has 146 valence electrons. The number of halogens is 2. The highest BCUT2D eigenvalue weighted by Crippen LogP contribution is 2.38. The highest BCUT2D eigenvalue weighted by Gasteiger charge is 2.26. The summed E-state index contributed by atoms with van der Waals surface area (Å²) in [6.45, 7) is 7.88. The maximum atomic E-state index is 14.8. The first-order valence-corrected chi connectivity index (χ1v) is 9.37. The second-order valence-corrected chi connectivity index (χ2v) is 7.37. The van der Waals surface area contributed by atoms with Crippen LogP contribution in [-0.4, -0.2) is 22.7 Å². The number of allylic oxidation sites excluding steroid dienone is 2. The summed E-state index contributed by atoms with van der Waals surface area (Å²) in [6.07, 6.45) is 4.41. The van der Waals surface area contributed by atoms with E-state index in [9.17, 15) is 8.78 Å². The minimum absolute atomic E-state index is 0.125. The third-order valence-corrected chi connectivity index (χ3v) is 5.29. The number of nitrogens with one attached hydrogen (secondary N) is 1. The summed E-state index contributed by atoms with van der Waals surface area (Å²) < 4.78 is 36.5. The van der Waals surface area contributed by atoms with Gasteiger partial charge in [0.15, 0.2) is 0 Å². The van der Waals surface area contributed by atoms with Gasteiger partial charge in [0, 0.05) is 23.9 Å². The molecule has 0 saturated heterocycles. The number of hydrogen-bond acceptors (Lipinski definition) is 3. The van der Waals surface area contributed by atoms with Gasteiger partial charge in [-0.05, 0) is 40.5 Å². The van der Waals surface area contributed by atoms with E-state index in [2.05, 4.69) is 10.3 Å². The van der Waals surface area contributed by atoms with E-state index in [1.54, 1.807) is 0 Å². The number of benzene rings is 1. The molecule has 2 aromatic rings. The molecular weight excluding hydrogens is 348 g/mol. The lowest BCUT2D eigenvalue weighted by atomic mass is 10.1. The summed E-state index contributed by atoms with van der Waals surface area (Å²) in [5.74, 6) is 0.136. The van der Waals surface area contributed by atoms with E-state index in [-0.39, 0.29) is 17.4 Å². The predicted octanol–water partition coefficient (Wildman–Crippen LogP) is 5.77. The zero-order valence-electron chi connectivity index (χ0n) is 16.6. The average molecular weight is 375 g/mol. The molecular formula is C21H27F2N3O. The van der Waals surface area contributed by atoms with E-state index in [1.807, 2.05) is 32.3 Å². The molecule has 0 spiro atoms. The third-order valence-electron chi connectivity index (χ3n) is 5.29. The van der Waals surface area contributed by atoms with Crippen LogP contribution in [0.5, 0.6) is 5.75 Å². The minimum atomic E-state index is -0.680. The molecule has 0 radical (unpaired) electrons. The number of aryl methyl sites for hydroxylation is 1. The van der Waals surface area contributed by atoms with Gasteiger partial charge < -0.3 is 10.1 Å². The molecule has 1 heterocycles. The number of imidazole rings is 1. The Balaban J connectivity index is 2.21. The highest BCUT2D eigenvalue weighted by atomic mass is 19.1. The van der Waals surface area contributed by atoms with Gasteiger partial charge in [0.25, 0.3) is 0 Å². The molecule has 1 aromatic carbocycles. The smallest absolute Gasteiger partial charge is 0.139 e. The number of hydrogen-bond donors (Lipinski definition) is 1. The van der Waals surface area contributed by atoms with Crippen molar-refractivity contribution in [1.82, 2.24) is 9.55 Å². The Morgan fingerprint density at radius 2 is 1.74 bits per heavy atom. The van der Waals surface area contributed by atoms with Crippen molar-refractivity contribution < 1.29 is 13.5 Å². The number of nitrogens with zero attached hydrogens (tertiary/aromatic N) is 2. The van der Waals surface area contributed by atoms with Gasteiger partial charge in [-0.3, -0.25) is 4.57 Å². The Labute approximate surface area is 159 Å². The molecule has 0 atom stereocenters. The van der Waals surface area contributed by atoms with Crippen LogP contribution in [0.1, 0.15) is 52.3 Å². The van der Waals surface area contributed by atoms with Crippen molar-refractivity contribution in [2.24, 2.45) is 0 Å². The highest BCUT2D eigenvalue weighted by molar-refractivity contribution is 5.77. The van der Waals surface area contributed by atoms with Crippen LogP contribution in [0.15, 0.2) is 17.7 Å². The van der Waals surface area contributed by atoms with Gasteiger partial charge in [0.1, 0.15) is 34.7 Å². The van der Waals surface area contributed by atoms with Gasteiger partial charge in [-0.2, -0.15) is 0 Å². The largest absolute Gasteiger partial charge is 0.497 e. The van der Waals surface area contributed by atoms with Crippen LogP contribution in [0, 0.1) is 18.6 Å². The maximum absolute atomic E-state index is 14.8. The Morgan fingerprint density at radius 3 is 2.26 bits per heavy atom. The summed E-state index contributed by atoms with van der Waals surface area (Å²) >= 11 is 0. The Morgan fingerprint density at radius 1 is 1.15 bits per heavy atom. The Bertz CT molecular complexity index is 853. The molecule has 6 heteroatoms. The number of ether oxygens (including phenoxy) is 1. The van der Waals surface area contributed by atoms with E-state index >= 15 is 0 Å². The first kappa shape index (κ1) is 19.4.